The highest BCUT2D eigenvalue weighted by Crippen LogP contribution is 2.04. The zero-order valence-corrected chi connectivity index (χ0v) is 8.54. The van der Waals surface area contributed by atoms with Crippen molar-refractivity contribution in [2.75, 3.05) is 13.1 Å². The molecular formula is C10H23N. The molecule has 0 bridgehead atoms. The van der Waals surface area contributed by atoms with Crippen molar-refractivity contribution in [3.05, 3.63) is 12.2 Å². The standard InChI is InChI=1S/C6H11N.2C2H6/c1-6-2-4-7-5-3-6;2*1-2/h7H,1-5H2;2*1-2H3. The van der Waals surface area contributed by atoms with Crippen LogP contribution in [-0.4, -0.2) is 13.1 Å². The molecule has 0 unspecified atom stereocenters. The van der Waals surface area contributed by atoms with Crippen molar-refractivity contribution in [2.24, 2.45) is 0 Å². The Morgan fingerprint density at radius 2 is 1.36 bits per heavy atom. The van der Waals surface area contributed by atoms with Crippen LogP contribution in [0.15, 0.2) is 12.2 Å². The second-order valence-electron chi connectivity index (χ2n) is 2.00. The van der Waals surface area contributed by atoms with Crippen LogP contribution in [0.25, 0.3) is 0 Å². The van der Waals surface area contributed by atoms with E-state index in [9.17, 15) is 0 Å². The monoisotopic (exact) mass is 157 g/mol. The van der Waals surface area contributed by atoms with Gasteiger partial charge >= 0.3 is 0 Å². The lowest BCUT2D eigenvalue weighted by molar-refractivity contribution is 0.612. The van der Waals surface area contributed by atoms with Gasteiger partial charge in [-0.15, -0.1) is 0 Å². The molecule has 0 radical (unpaired) electrons. The number of hydrogen-bond acceptors (Lipinski definition) is 1. The fourth-order valence-corrected chi connectivity index (χ4v) is 0.780. The van der Waals surface area contributed by atoms with Gasteiger partial charge in [0.2, 0.25) is 0 Å². The van der Waals surface area contributed by atoms with Gasteiger partial charge in [0.15, 0.2) is 0 Å². The van der Waals surface area contributed by atoms with E-state index in [2.05, 4.69) is 11.9 Å². The Morgan fingerprint density at radius 3 is 1.55 bits per heavy atom. The lowest BCUT2D eigenvalue weighted by atomic mass is 10.1. The van der Waals surface area contributed by atoms with Crippen LogP contribution in [0.4, 0.5) is 0 Å². The second-order valence-corrected chi connectivity index (χ2v) is 2.00. The molecule has 0 aromatic heterocycles. The van der Waals surface area contributed by atoms with Gasteiger partial charge in [-0.25, -0.2) is 0 Å². The highest BCUT2D eigenvalue weighted by molar-refractivity contribution is 4.97. The van der Waals surface area contributed by atoms with Crippen molar-refractivity contribution in [1.82, 2.24) is 5.32 Å². The summed E-state index contributed by atoms with van der Waals surface area (Å²) < 4.78 is 0. The van der Waals surface area contributed by atoms with E-state index in [0.29, 0.717) is 0 Å². The molecule has 0 aromatic rings. The minimum absolute atomic E-state index is 1.14. The van der Waals surface area contributed by atoms with Crippen molar-refractivity contribution in [3.8, 4) is 0 Å². The van der Waals surface area contributed by atoms with Crippen molar-refractivity contribution >= 4 is 0 Å². The van der Waals surface area contributed by atoms with Gasteiger partial charge in [-0.1, -0.05) is 39.8 Å². The summed E-state index contributed by atoms with van der Waals surface area (Å²) in [6, 6.07) is 0. The summed E-state index contributed by atoms with van der Waals surface area (Å²) in [6.07, 6.45) is 2.36. The summed E-state index contributed by atoms with van der Waals surface area (Å²) in [7, 11) is 0. The Morgan fingerprint density at radius 1 is 1.00 bits per heavy atom. The molecule has 0 aromatic carbocycles. The molecule has 1 aliphatic rings. The van der Waals surface area contributed by atoms with Crippen molar-refractivity contribution in [2.45, 2.75) is 40.5 Å². The fraction of sp³-hybridized carbons (Fsp3) is 0.800. The zero-order valence-electron chi connectivity index (χ0n) is 8.54. The topological polar surface area (TPSA) is 12.0 Å². The van der Waals surface area contributed by atoms with Crippen LogP contribution in [-0.2, 0) is 0 Å². The summed E-state index contributed by atoms with van der Waals surface area (Å²) in [5.74, 6) is 0. The van der Waals surface area contributed by atoms with Crippen LogP contribution in [0.5, 0.6) is 0 Å². The van der Waals surface area contributed by atoms with E-state index < -0.39 is 0 Å². The van der Waals surface area contributed by atoms with Gasteiger partial charge in [0.1, 0.15) is 0 Å². The molecule has 1 aliphatic heterocycles. The van der Waals surface area contributed by atoms with E-state index in [1.54, 1.807) is 0 Å². The Hall–Kier alpha value is -0.300. The van der Waals surface area contributed by atoms with Crippen LogP contribution in [0.3, 0.4) is 0 Å². The predicted molar refractivity (Wildman–Crippen MR) is 53.9 cm³/mol. The Labute approximate surface area is 71.9 Å². The molecule has 0 saturated carbocycles. The Kier molecular flexibility index (Phi) is 15.0. The van der Waals surface area contributed by atoms with Crippen LogP contribution < -0.4 is 5.32 Å². The van der Waals surface area contributed by atoms with Crippen LogP contribution >= 0.6 is 0 Å². The van der Waals surface area contributed by atoms with Gasteiger partial charge in [0.25, 0.3) is 0 Å². The third kappa shape index (κ3) is 9.70. The first-order valence-electron chi connectivity index (χ1n) is 4.77. The molecule has 0 atom stereocenters. The molecule has 1 heteroatoms. The van der Waals surface area contributed by atoms with Crippen molar-refractivity contribution in [1.29, 1.82) is 0 Å². The van der Waals surface area contributed by atoms with E-state index in [1.165, 1.54) is 18.4 Å². The molecule has 1 nitrogen and oxygen atoms in total. The minimum Gasteiger partial charge on any atom is -0.316 e. The van der Waals surface area contributed by atoms with E-state index in [-0.39, 0.29) is 0 Å². The summed E-state index contributed by atoms with van der Waals surface area (Å²) in [6.45, 7) is 14.1. The molecule has 68 valence electrons. The first kappa shape index (κ1) is 13.3. The number of rotatable bonds is 0. The maximum atomic E-state index is 3.87. The van der Waals surface area contributed by atoms with Crippen LogP contribution in [0.2, 0.25) is 0 Å². The Bertz CT molecular complexity index is 68.9. The lowest BCUT2D eigenvalue weighted by Gasteiger charge is -2.12. The highest BCUT2D eigenvalue weighted by atomic mass is 14.9. The van der Waals surface area contributed by atoms with Gasteiger partial charge in [-0.05, 0) is 25.9 Å². The summed E-state index contributed by atoms with van der Waals surface area (Å²) >= 11 is 0. The SMILES string of the molecule is C=C1CCNCC1.CC.CC. The molecule has 0 spiro atoms. The van der Waals surface area contributed by atoms with Crippen LogP contribution in [0.1, 0.15) is 40.5 Å². The maximum absolute atomic E-state index is 3.87. The first-order valence-corrected chi connectivity index (χ1v) is 4.77. The summed E-state index contributed by atoms with van der Waals surface area (Å²) in [5.41, 5.74) is 1.40. The smallest absolute Gasteiger partial charge is 0.00116 e. The molecule has 1 heterocycles. The Balaban J connectivity index is 0. The zero-order chi connectivity index (χ0) is 9.11. The van der Waals surface area contributed by atoms with Gasteiger partial charge in [-0.3, -0.25) is 0 Å². The molecular weight excluding hydrogens is 134 g/mol. The van der Waals surface area contributed by atoms with E-state index in [0.717, 1.165) is 13.1 Å². The largest absolute Gasteiger partial charge is 0.316 e. The third-order valence-electron chi connectivity index (χ3n) is 1.31. The maximum Gasteiger partial charge on any atom is -0.00116 e. The number of piperidine rings is 1. The predicted octanol–water partition coefficient (Wildman–Crippen LogP) is 2.98. The van der Waals surface area contributed by atoms with Crippen molar-refractivity contribution in [3.63, 3.8) is 0 Å². The van der Waals surface area contributed by atoms with E-state index in [1.807, 2.05) is 27.7 Å². The van der Waals surface area contributed by atoms with Crippen molar-refractivity contribution < 1.29 is 0 Å². The average Bonchev–Trinajstić information content (AvgIpc) is 2.13. The van der Waals surface area contributed by atoms with E-state index in [4.69, 9.17) is 0 Å². The number of hydrogen-bond donors (Lipinski definition) is 1. The lowest BCUT2D eigenvalue weighted by Crippen LogP contribution is -2.22. The molecule has 11 heavy (non-hydrogen) atoms. The molecule has 1 rings (SSSR count). The van der Waals surface area contributed by atoms with Gasteiger partial charge in [0, 0.05) is 0 Å². The van der Waals surface area contributed by atoms with Gasteiger partial charge in [0.05, 0.1) is 0 Å². The van der Waals surface area contributed by atoms with Crippen LogP contribution in [0, 0.1) is 0 Å². The fourth-order valence-electron chi connectivity index (χ4n) is 0.780. The summed E-state index contributed by atoms with van der Waals surface area (Å²) in [4.78, 5) is 0. The summed E-state index contributed by atoms with van der Waals surface area (Å²) in [5, 5.41) is 3.25. The minimum atomic E-state index is 1.14. The molecule has 1 N–H and O–H groups in total. The first-order chi connectivity index (χ1) is 5.39. The highest BCUT2D eigenvalue weighted by Gasteiger charge is 1.98. The molecule has 1 saturated heterocycles. The average molecular weight is 157 g/mol. The second kappa shape index (κ2) is 12.4. The number of nitrogens with one attached hydrogen (secondary N) is 1. The molecule has 1 fully saturated rings. The van der Waals surface area contributed by atoms with Gasteiger partial charge < -0.3 is 5.32 Å². The van der Waals surface area contributed by atoms with Gasteiger partial charge in [-0.2, -0.15) is 0 Å². The molecule has 0 amide bonds. The quantitative estimate of drug-likeness (QED) is 0.533. The molecule has 0 aliphatic carbocycles. The normalized spacial score (nSPS) is 15.5. The third-order valence-corrected chi connectivity index (χ3v) is 1.31. The van der Waals surface area contributed by atoms with E-state index >= 15 is 0 Å².